The maximum atomic E-state index is 10.7. The van der Waals surface area contributed by atoms with Gasteiger partial charge in [0.05, 0.1) is 5.60 Å². The molecule has 0 radical (unpaired) electrons. The third-order valence-corrected chi connectivity index (χ3v) is 5.65. The van der Waals surface area contributed by atoms with Crippen LogP contribution in [0.3, 0.4) is 0 Å². The molecule has 0 aromatic rings. The average molecular weight is 252 g/mol. The Balaban J connectivity index is 1.66. The van der Waals surface area contributed by atoms with Crippen molar-refractivity contribution < 1.29 is 5.11 Å². The lowest BCUT2D eigenvalue weighted by molar-refractivity contribution is -0.0403. The highest BCUT2D eigenvalue weighted by molar-refractivity contribution is 4.95. The van der Waals surface area contributed by atoms with Gasteiger partial charge in [-0.2, -0.15) is 0 Å². The molecule has 18 heavy (non-hydrogen) atoms. The van der Waals surface area contributed by atoms with E-state index < -0.39 is 0 Å². The zero-order valence-electron chi connectivity index (χ0n) is 12.3. The van der Waals surface area contributed by atoms with Crippen molar-refractivity contribution in [2.24, 2.45) is 5.41 Å². The smallest absolute Gasteiger partial charge is 0.0648 e. The highest BCUT2D eigenvalue weighted by Gasteiger charge is 2.42. The van der Waals surface area contributed by atoms with Gasteiger partial charge < -0.3 is 5.11 Å². The second-order valence-corrected chi connectivity index (χ2v) is 7.10. The number of aliphatic hydroxyl groups is 1. The third kappa shape index (κ3) is 3.73. The van der Waals surface area contributed by atoms with Crippen LogP contribution in [0.4, 0.5) is 0 Å². The normalized spacial score (nSPS) is 25.7. The van der Waals surface area contributed by atoms with E-state index in [1.807, 2.05) is 0 Å². The molecule has 0 aromatic heterocycles. The predicted molar refractivity (Wildman–Crippen MR) is 77.7 cm³/mol. The minimum absolute atomic E-state index is 0.292. The summed E-state index contributed by atoms with van der Waals surface area (Å²) >= 11 is 0. The van der Waals surface area contributed by atoms with E-state index in [1.165, 1.54) is 70.6 Å². The van der Waals surface area contributed by atoms with E-state index in [1.54, 1.807) is 0 Å². The summed E-state index contributed by atoms with van der Waals surface area (Å²) in [4.78, 5) is 0. The molecule has 0 unspecified atom stereocenters. The lowest BCUT2D eigenvalue weighted by Gasteiger charge is -2.42. The van der Waals surface area contributed by atoms with E-state index in [0.717, 1.165) is 19.3 Å². The Morgan fingerprint density at radius 3 is 2.00 bits per heavy atom. The first kappa shape index (κ1) is 14.4. The summed E-state index contributed by atoms with van der Waals surface area (Å²) in [7, 11) is 0. The molecule has 106 valence electrons. The van der Waals surface area contributed by atoms with E-state index in [2.05, 4.69) is 6.92 Å². The van der Waals surface area contributed by atoms with Crippen molar-refractivity contribution in [2.45, 2.75) is 102 Å². The lowest BCUT2D eigenvalue weighted by Crippen LogP contribution is -2.38. The highest BCUT2D eigenvalue weighted by Crippen LogP contribution is 2.52. The number of hydrogen-bond acceptors (Lipinski definition) is 1. The molecule has 1 spiro atoms. The minimum atomic E-state index is -0.292. The number of hydrogen-bond donors (Lipinski definition) is 1. The molecule has 1 nitrogen and oxygen atoms in total. The van der Waals surface area contributed by atoms with Gasteiger partial charge in [-0.25, -0.2) is 0 Å². The molecule has 1 heteroatoms. The van der Waals surface area contributed by atoms with Gasteiger partial charge >= 0.3 is 0 Å². The van der Waals surface area contributed by atoms with Crippen molar-refractivity contribution in [2.75, 3.05) is 0 Å². The van der Waals surface area contributed by atoms with Crippen LogP contribution in [0, 0.1) is 5.41 Å². The maximum Gasteiger partial charge on any atom is 0.0648 e. The van der Waals surface area contributed by atoms with Crippen LogP contribution >= 0.6 is 0 Å². The molecule has 1 N–H and O–H groups in total. The van der Waals surface area contributed by atoms with Crippen LogP contribution in [0.1, 0.15) is 96.8 Å². The van der Waals surface area contributed by atoms with Crippen molar-refractivity contribution in [3.05, 3.63) is 0 Å². The fourth-order valence-electron chi connectivity index (χ4n) is 4.18. The lowest BCUT2D eigenvalue weighted by atomic mass is 9.66. The van der Waals surface area contributed by atoms with Gasteiger partial charge in [0.25, 0.3) is 0 Å². The van der Waals surface area contributed by atoms with Crippen LogP contribution in [0.15, 0.2) is 0 Å². The summed E-state index contributed by atoms with van der Waals surface area (Å²) in [5, 5.41) is 10.7. The molecule has 2 fully saturated rings. The Kier molecular flexibility index (Phi) is 5.12. The number of rotatable bonds is 6. The van der Waals surface area contributed by atoms with E-state index in [9.17, 15) is 5.11 Å². The minimum Gasteiger partial charge on any atom is -0.390 e. The van der Waals surface area contributed by atoms with E-state index >= 15 is 0 Å². The zero-order chi connectivity index (χ0) is 12.9. The van der Waals surface area contributed by atoms with E-state index in [-0.39, 0.29) is 5.60 Å². The van der Waals surface area contributed by atoms with Gasteiger partial charge in [0.2, 0.25) is 0 Å². The quantitative estimate of drug-likeness (QED) is 0.643. The van der Waals surface area contributed by atoms with Crippen LogP contribution in [0.5, 0.6) is 0 Å². The second kappa shape index (κ2) is 6.41. The number of unbranched alkanes of at least 4 members (excludes halogenated alkanes) is 4. The van der Waals surface area contributed by atoms with Crippen LogP contribution in [0.25, 0.3) is 0 Å². The Labute approximate surface area is 113 Å². The van der Waals surface area contributed by atoms with Crippen molar-refractivity contribution in [3.8, 4) is 0 Å². The monoisotopic (exact) mass is 252 g/mol. The zero-order valence-corrected chi connectivity index (χ0v) is 12.3. The van der Waals surface area contributed by atoms with Gasteiger partial charge in [0, 0.05) is 0 Å². The summed E-state index contributed by atoms with van der Waals surface area (Å²) in [6, 6.07) is 0. The van der Waals surface area contributed by atoms with Gasteiger partial charge in [0.15, 0.2) is 0 Å². The molecule has 2 rings (SSSR count). The average Bonchev–Trinajstić information content (AvgIpc) is 2.83. The van der Waals surface area contributed by atoms with Crippen LogP contribution in [0.2, 0.25) is 0 Å². The fourth-order valence-corrected chi connectivity index (χ4v) is 4.18. The summed E-state index contributed by atoms with van der Waals surface area (Å²) in [5.74, 6) is 0. The summed E-state index contributed by atoms with van der Waals surface area (Å²) in [6.45, 7) is 2.26. The molecule has 0 amide bonds. The highest BCUT2D eigenvalue weighted by atomic mass is 16.3. The van der Waals surface area contributed by atoms with Gasteiger partial charge in [-0.15, -0.1) is 0 Å². The molecule has 0 saturated heterocycles. The molecule has 2 saturated carbocycles. The van der Waals surface area contributed by atoms with E-state index in [4.69, 9.17) is 0 Å². The molecular formula is C17H32O. The molecule has 0 aliphatic heterocycles. The van der Waals surface area contributed by atoms with E-state index in [0.29, 0.717) is 5.41 Å². The Morgan fingerprint density at radius 2 is 1.39 bits per heavy atom. The molecule has 0 atom stereocenters. The van der Waals surface area contributed by atoms with Crippen LogP contribution in [-0.2, 0) is 0 Å². The first-order valence-corrected chi connectivity index (χ1v) is 8.41. The maximum absolute atomic E-state index is 10.7. The van der Waals surface area contributed by atoms with Crippen molar-refractivity contribution >= 4 is 0 Å². The summed E-state index contributed by atoms with van der Waals surface area (Å²) < 4.78 is 0. The molecule has 0 heterocycles. The summed E-state index contributed by atoms with van der Waals surface area (Å²) in [6.07, 6.45) is 18.2. The molecule has 2 aliphatic rings. The first-order valence-electron chi connectivity index (χ1n) is 8.41. The van der Waals surface area contributed by atoms with Gasteiger partial charge in [-0.3, -0.25) is 0 Å². The predicted octanol–water partition coefficient (Wildman–Crippen LogP) is 5.21. The molecule has 2 aliphatic carbocycles. The third-order valence-electron chi connectivity index (χ3n) is 5.65. The van der Waals surface area contributed by atoms with Crippen molar-refractivity contribution in [1.82, 2.24) is 0 Å². The van der Waals surface area contributed by atoms with Crippen molar-refractivity contribution in [3.63, 3.8) is 0 Å². The molecule has 0 aromatic carbocycles. The molecule has 0 bridgehead atoms. The standard InChI is InChI=1S/C17H32O/c1-2-3-4-5-6-11-17(18)14-12-16(13-15-17)9-7-8-10-16/h18H,2-15H2,1H3. The molecular weight excluding hydrogens is 220 g/mol. The topological polar surface area (TPSA) is 20.2 Å². The van der Waals surface area contributed by atoms with Crippen LogP contribution in [-0.4, -0.2) is 10.7 Å². The fraction of sp³-hybridized carbons (Fsp3) is 1.00. The second-order valence-electron chi connectivity index (χ2n) is 7.10. The van der Waals surface area contributed by atoms with Gasteiger partial charge in [-0.1, -0.05) is 51.9 Å². The van der Waals surface area contributed by atoms with Gasteiger partial charge in [0.1, 0.15) is 0 Å². The Bertz CT molecular complexity index is 230. The van der Waals surface area contributed by atoms with Gasteiger partial charge in [-0.05, 0) is 50.4 Å². The summed E-state index contributed by atoms with van der Waals surface area (Å²) in [5.41, 5.74) is 0.370. The van der Waals surface area contributed by atoms with Crippen molar-refractivity contribution in [1.29, 1.82) is 0 Å². The largest absolute Gasteiger partial charge is 0.390 e. The Hall–Kier alpha value is -0.0400. The SMILES string of the molecule is CCCCCCCC1(O)CCC2(CCCC2)CC1. The van der Waals surface area contributed by atoms with Crippen LogP contribution < -0.4 is 0 Å². The first-order chi connectivity index (χ1) is 8.68. The Morgan fingerprint density at radius 1 is 0.778 bits per heavy atom.